The quantitative estimate of drug-likeness (QED) is 0.593. The highest BCUT2D eigenvalue weighted by atomic mass is 19.3. The van der Waals surface area contributed by atoms with Crippen molar-refractivity contribution in [1.29, 1.82) is 0 Å². The van der Waals surface area contributed by atoms with E-state index in [9.17, 15) is 8.78 Å². The highest BCUT2D eigenvalue weighted by molar-refractivity contribution is 4.84. The first-order valence-electron chi connectivity index (χ1n) is 3.28. The van der Waals surface area contributed by atoms with Crippen LogP contribution in [-0.4, -0.2) is 32.2 Å². The molecule has 0 radical (unpaired) electrons. The van der Waals surface area contributed by atoms with Crippen molar-refractivity contribution in [3.63, 3.8) is 0 Å². The van der Waals surface area contributed by atoms with E-state index < -0.39 is 12.0 Å². The molecule has 1 saturated heterocycles. The van der Waals surface area contributed by atoms with Gasteiger partial charge in [0.1, 0.15) is 6.10 Å². The number of ether oxygens (including phenoxy) is 1. The zero-order chi connectivity index (χ0) is 7.61. The summed E-state index contributed by atoms with van der Waals surface area (Å²) in [5.74, 6) is -2.64. The highest BCUT2D eigenvalue weighted by Gasteiger charge is 2.41. The van der Waals surface area contributed by atoms with Gasteiger partial charge in [-0.3, -0.25) is 0 Å². The normalized spacial score (nSPS) is 32.1. The Hall–Kier alpha value is -0.220. The molecule has 2 nitrogen and oxygen atoms in total. The van der Waals surface area contributed by atoms with Crippen LogP contribution >= 0.6 is 0 Å². The molecule has 0 bridgehead atoms. The number of methoxy groups -OCH3 is 1. The predicted octanol–water partition coefficient (Wildman–Crippen LogP) is 0.630. The Bertz CT molecular complexity index is 118. The minimum absolute atomic E-state index is 0.120. The van der Waals surface area contributed by atoms with Gasteiger partial charge in [-0.15, -0.1) is 0 Å². The van der Waals surface area contributed by atoms with Crippen LogP contribution in [0.5, 0.6) is 0 Å². The summed E-state index contributed by atoms with van der Waals surface area (Å²) in [6.45, 7) is 0.635. The van der Waals surface area contributed by atoms with Gasteiger partial charge in [0.2, 0.25) is 0 Å². The first-order chi connectivity index (χ1) is 4.67. The lowest BCUT2D eigenvalue weighted by Crippen LogP contribution is -2.49. The second kappa shape index (κ2) is 2.80. The maximum absolute atomic E-state index is 12.7. The summed E-state index contributed by atoms with van der Waals surface area (Å²) in [5, 5.41) is 2.84. The summed E-state index contributed by atoms with van der Waals surface area (Å²) >= 11 is 0. The van der Waals surface area contributed by atoms with Gasteiger partial charge in [0.25, 0.3) is 5.92 Å². The SMILES string of the molecule is COC1CNCCC1(F)F. The van der Waals surface area contributed by atoms with E-state index in [0.717, 1.165) is 0 Å². The average molecular weight is 151 g/mol. The standard InChI is InChI=1S/C6H11F2NO/c1-10-5-4-9-3-2-6(5,7)8/h5,9H,2-4H2,1H3. The third-order valence-corrected chi connectivity index (χ3v) is 1.72. The number of hydrogen-bond donors (Lipinski definition) is 1. The van der Waals surface area contributed by atoms with E-state index in [1.54, 1.807) is 0 Å². The first-order valence-corrected chi connectivity index (χ1v) is 3.28. The molecule has 1 rings (SSSR count). The molecule has 0 aromatic rings. The van der Waals surface area contributed by atoms with Crippen LogP contribution in [-0.2, 0) is 4.74 Å². The van der Waals surface area contributed by atoms with Crippen LogP contribution in [0.1, 0.15) is 6.42 Å². The number of halogens is 2. The van der Waals surface area contributed by atoms with Crippen LogP contribution in [0.2, 0.25) is 0 Å². The van der Waals surface area contributed by atoms with Gasteiger partial charge in [0.05, 0.1) is 0 Å². The van der Waals surface area contributed by atoms with Crippen LogP contribution in [0.4, 0.5) is 8.78 Å². The van der Waals surface area contributed by atoms with Crippen molar-refractivity contribution in [3.8, 4) is 0 Å². The lowest BCUT2D eigenvalue weighted by Gasteiger charge is -2.30. The summed E-state index contributed by atoms with van der Waals surface area (Å²) in [5.41, 5.74) is 0. The van der Waals surface area contributed by atoms with Crippen molar-refractivity contribution in [2.45, 2.75) is 18.4 Å². The van der Waals surface area contributed by atoms with Gasteiger partial charge < -0.3 is 10.1 Å². The molecule has 1 unspecified atom stereocenters. The maximum Gasteiger partial charge on any atom is 0.276 e. The van der Waals surface area contributed by atoms with Crippen molar-refractivity contribution in [2.24, 2.45) is 0 Å². The molecular formula is C6H11F2NO. The van der Waals surface area contributed by atoms with E-state index in [1.807, 2.05) is 0 Å². The van der Waals surface area contributed by atoms with Crippen LogP contribution in [0.25, 0.3) is 0 Å². The summed E-state index contributed by atoms with van der Waals surface area (Å²) in [7, 11) is 1.31. The monoisotopic (exact) mass is 151 g/mol. The van der Waals surface area contributed by atoms with Crippen LogP contribution in [0.15, 0.2) is 0 Å². The van der Waals surface area contributed by atoms with Gasteiger partial charge in [-0.05, 0) is 0 Å². The van der Waals surface area contributed by atoms with Crippen LogP contribution in [0.3, 0.4) is 0 Å². The fourth-order valence-corrected chi connectivity index (χ4v) is 1.05. The molecule has 60 valence electrons. The van der Waals surface area contributed by atoms with Crippen molar-refractivity contribution in [1.82, 2.24) is 5.32 Å². The molecule has 1 atom stereocenters. The summed E-state index contributed by atoms with van der Waals surface area (Å²) in [4.78, 5) is 0. The molecule has 1 N–H and O–H groups in total. The molecule has 0 aromatic carbocycles. The van der Waals surface area contributed by atoms with Crippen molar-refractivity contribution >= 4 is 0 Å². The fraction of sp³-hybridized carbons (Fsp3) is 1.00. The van der Waals surface area contributed by atoms with E-state index in [-0.39, 0.29) is 13.0 Å². The Morgan fingerprint density at radius 3 is 2.70 bits per heavy atom. The Kier molecular flexibility index (Phi) is 2.21. The predicted molar refractivity (Wildman–Crippen MR) is 33.2 cm³/mol. The van der Waals surface area contributed by atoms with Gasteiger partial charge >= 0.3 is 0 Å². The first kappa shape index (κ1) is 7.88. The number of hydrogen-bond acceptors (Lipinski definition) is 2. The van der Waals surface area contributed by atoms with Gasteiger partial charge in [0.15, 0.2) is 0 Å². The zero-order valence-electron chi connectivity index (χ0n) is 5.86. The Labute approximate surface area is 58.6 Å². The van der Waals surface area contributed by atoms with Gasteiger partial charge in [-0.2, -0.15) is 0 Å². The summed E-state index contributed by atoms with van der Waals surface area (Å²) in [6, 6.07) is 0. The Balaban J connectivity index is 2.51. The summed E-state index contributed by atoms with van der Waals surface area (Å²) in [6.07, 6.45) is -1.06. The zero-order valence-corrected chi connectivity index (χ0v) is 5.86. The lowest BCUT2D eigenvalue weighted by molar-refractivity contribution is -0.138. The summed E-state index contributed by atoms with van der Waals surface area (Å²) < 4.78 is 30.0. The highest BCUT2D eigenvalue weighted by Crippen LogP contribution is 2.26. The third kappa shape index (κ3) is 1.44. The van der Waals surface area contributed by atoms with E-state index in [0.29, 0.717) is 6.54 Å². The smallest absolute Gasteiger partial charge is 0.276 e. The van der Waals surface area contributed by atoms with E-state index in [2.05, 4.69) is 10.1 Å². The minimum atomic E-state index is -2.64. The molecule has 0 aliphatic carbocycles. The molecule has 1 fully saturated rings. The lowest BCUT2D eigenvalue weighted by atomic mass is 10.1. The van der Waals surface area contributed by atoms with E-state index >= 15 is 0 Å². The Morgan fingerprint density at radius 1 is 1.60 bits per heavy atom. The third-order valence-electron chi connectivity index (χ3n) is 1.72. The van der Waals surface area contributed by atoms with Crippen molar-refractivity contribution in [2.75, 3.05) is 20.2 Å². The molecule has 4 heteroatoms. The van der Waals surface area contributed by atoms with E-state index in [4.69, 9.17) is 0 Å². The molecule has 1 aliphatic heterocycles. The second-order valence-electron chi connectivity index (χ2n) is 2.44. The molecular weight excluding hydrogens is 140 g/mol. The largest absolute Gasteiger partial charge is 0.374 e. The minimum Gasteiger partial charge on any atom is -0.374 e. The fourth-order valence-electron chi connectivity index (χ4n) is 1.05. The van der Waals surface area contributed by atoms with E-state index in [1.165, 1.54) is 7.11 Å². The number of nitrogens with one attached hydrogen (secondary N) is 1. The van der Waals surface area contributed by atoms with Gasteiger partial charge in [0, 0.05) is 26.6 Å². The van der Waals surface area contributed by atoms with Gasteiger partial charge in [-0.1, -0.05) is 0 Å². The van der Waals surface area contributed by atoms with Crippen molar-refractivity contribution < 1.29 is 13.5 Å². The molecule has 1 aliphatic rings. The Morgan fingerprint density at radius 2 is 2.30 bits per heavy atom. The average Bonchev–Trinajstić information content (AvgIpc) is 1.87. The number of alkyl halides is 2. The molecule has 10 heavy (non-hydrogen) atoms. The van der Waals surface area contributed by atoms with Crippen LogP contribution in [0, 0.1) is 0 Å². The van der Waals surface area contributed by atoms with Crippen molar-refractivity contribution in [3.05, 3.63) is 0 Å². The molecule has 0 aromatic heterocycles. The maximum atomic E-state index is 12.7. The number of rotatable bonds is 1. The number of piperidine rings is 1. The molecule has 1 heterocycles. The molecule has 0 saturated carbocycles. The molecule has 0 amide bonds. The second-order valence-corrected chi connectivity index (χ2v) is 2.44. The van der Waals surface area contributed by atoms with Gasteiger partial charge in [-0.25, -0.2) is 8.78 Å². The topological polar surface area (TPSA) is 21.3 Å². The molecule has 0 spiro atoms. The van der Waals surface area contributed by atoms with Crippen LogP contribution < -0.4 is 5.32 Å².